The highest BCUT2D eigenvalue weighted by molar-refractivity contribution is 5.73. The Morgan fingerprint density at radius 1 is 1.19 bits per heavy atom. The lowest BCUT2D eigenvalue weighted by molar-refractivity contribution is 0.218. The normalized spacial score (nSPS) is 16.6. The summed E-state index contributed by atoms with van der Waals surface area (Å²) in [7, 11) is 0. The summed E-state index contributed by atoms with van der Waals surface area (Å²) in [6.45, 7) is 5.80. The van der Waals surface area contributed by atoms with Crippen LogP contribution in [0.5, 0.6) is 0 Å². The van der Waals surface area contributed by atoms with Crippen LogP contribution in [0.3, 0.4) is 0 Å². The molecule has 0 spiro atoms. The highest BCUT2D eigenvalue weighted by atomic mass is 16.2. The smallest absolute Gasteiger partial charge is 0.314 e. The summed E-state index contributed by atoms with van der Waals surface area (Å²) in [5.74, 6) is 0. The van der Waals surface area contributed by atoms with E-state index in [0.29, 0.717) is 12.6 Å². The van der Waals surface area contributed by atoms with Crippen LogP contribution in [0.15, 0.2) is 30.3 Å². The third kappa shape index (κ3) is 5.38. The lowest BCUT2D eigenvalue weighted by Gasteiger charge is -2.28. The summed E-state index contributed by atoms with van der Waals surface area (Å²) in [4.78, 5) is 14.2. The van der Waals surface area contributed by atoms with E-state index >= 15 is 0 Å². The first kappa shape index (κ1) is 15.8. The number of nitrogens with one attached hydrogen (secondary N) is 2. The van der Waals surface area contributed by atoms with Gasteiger partial charge in [0.05, 0.1) is 0 Å². The average molecular weight is 289 g/mol. The predicted molar refractivity (Wildman–Crippen MR) is 86.4 cm³/mol. The van der Waals surface area contributed by atoms with Crippen LogP contribution in [0.1, 0.15) is 31.7 Å². The molecule has 0 aromatic heterocycles. The summed E-state index contributed by atoms with van der Waals surface area (Å²) < 4.78 is 0. The van der Waals surface area contributed by atoms with E-state index in [9.17, 15) is 4.79 Å². The summed E-state index contributed by atoms with van der Waals surface area (Å²) in [5, 5.41) is 5.90. The van der Waals surface area contributed by atoms with Crippen molar-refractivity contribution in [1.29, 1.82) is 0 Å². The molecule has 1 fully saturated rings. The van der Waals surface area contributed by atoms with Crippen LogP contribution in [0.4, 0.5) is 4.79 Å². The fraction of sp³-hybridized carbons (Fsp3) is 0.588. The van der Waals surface area contributed by atoms with Crippen LogP contribution >= 0.6 is 0 Å². The SMILES string of the molecule is CCCNC(=O)NCC(Cc1ccccc1)N1CCCC1. The summed E-state index contributed by atoms with van der Waals surface area (Å²) in [6.07, 6.45) is 4.50. The van der Waals surface area contributed by atoms with E-state index in [0.717, 1.165) is 32.5 Å². The standard InChI is InChI=1S/C17H27N3O/c1-2-10-18-17(21)19-14-16(20-11-6-7-12-20)13-15-8-4-3-5-9-15/h3-5,8-9,16H,2,6-7,10-14H2,1H3,(H2,18,19,21). The monoisotopic (exact) mass is 289 g/mol. The maximum absolute atomic E-state index is 11.7. The molecule has 1 atom stereocenters. The molecular formula is C17H27N3O. The molecular weight excluding hydrogens is 262 g/mol. The molecule has 2 amide bonds. The molecule has 1 aromatic carbocycles. The van der Waals surface area contributed by atoms with Gasteiger partial charge in [-0.15, -0.1) is 0 Å². The zero-order valence-electron chi connectivity index (χ0n) is 13.0. The van der Waals surface area contributed by atoms with Gasteiger partial charge in [-0.05, 0) is 44.3 Å². The van der Waals surface area contributed by atoms with Gasteiger partial charge < -0.3 is 10.6 Å². The number of benzene rings is 1. The van der Waals surface area contributed by atoms with Gasteiger partial charge in [0.25, 0.3) is 0 Å². The molecule has 4 nitrogen and oxygen atoms in total. The van der Waals surface area contributed by atoms with Gasteiger partial charge >= 0.3 is 6.03 Å². The molecule has 1 aromatic rings. The van der Waals surface area contributed by atoms with Gasteiger partial charge in [0, 0.05) is 19.1 Å². The minimum Gasteiger partial charge on any atom is -0.338 e. The number of carbonyl (C=O) groups is 1. The van der Waals surface area contributed by atoms with Crippen LogP contribution in [-0.4, -0.2) is 43.2 Å². The number of hydrogen-bond donors (Lipinski definition) is 2. The minimum absolute atomic E-state index is 0.0471. The molecule has 1 aliphatic heterocycles. The zero-order valence-corrected chi connectivity index (χ0v) is 13.0. The van der Waals surface area contributed by atoms with E-state index in [1.54, 1.807) is 0 Å². The lowest BCUT2D eigenvalue weighted by atomic mass is 10.0. The molecule has 2 N–H and O–H groups in total. The number of carbonyl (C=O) groups excluding carboxylic acids is 1. The second-order valence-electron chi connectivity index (χ2n) is 5.72. The summed E-state index contributed by atoms with van der Waals surface area (Å²) in [6, 6.07) is 10.9. The van der Waals surface area contributed by atoms with Gasteiger partial charge in [-0.2, -0.15) is 0 Å². The highest BCUT2D eigenvalue weighted by Crippen LogP contribution is 2.15. The second-order valence-corrected chi connectivity index (χ2v) is 5.72. The topological polar surface area (TPSA) is 44.4 Å². The predicted octanol–water partition coefficient (Wildman–Crippen LogP) is 2.40. The maximum Gasteiger partial charge on any atom is 0.314 e. The Hall–Kier alpha value is -1.55. The Labute approximate surface area is 127 Å². The third-order valence-corrected chi connectivity index (χ3v) is 4.01. The fourth-order valence-corrected chi connectivity index (χ4v) is 2.83. The largest absolute Gasteiger partial charge is 0.338 e. The van der Waals surface area contributed by atoms with Crippen LogP contribution in [0.25, 0.3) is 0 Å². The third-order valence-electron chi connectivity index (χ3n) is 4.01. The molecule has 2 rings (SSSR count). The average Bonchev–Trinajstić information content (AvgIpc) is 3.04. The first-order valence-electron chi connectivity index (χ1n) is 8.09. The van der Waals surface area contributed by atoms with Gasteiger partial charge in [-0.3, -0.25) is 4.90 Å². The maximum atomic E-state index is 11.7. The Morgan fingerprint density at radius 2 is 1.90 bits per heavy atom. The van der Waals surface area contributed by atoms with E-state index in [-0.39, 0.29) is 6.03 Å². The molecule has 0 aliphatic carbocycles. The van der Waals surface area contributed by atoms with Crippen molar-refractivity contribution in [3.8, 4) is 0 Å². The van der Waals surface area contributed by atoms with E-state index in [2.05, 4.69) is 46.7 Å². The molecule has 1 unspecified atom stereocenters. The Morgan fingerprint density at radius 3 is 2.57 bits per heavy atom. The lowest BCUT2D eigenvalue weighted by Crippen LogP contribution is -2.46. The van der Waals surface area contributed by atoms with Gasteiger partial charge in [0.2, 0.25) is 0 Å². The van der Waals surface area contributed by atoms with E-state index in [1.807, 2.05) is 6.07 Å². The molecule has 1 aliphatic rings. The first-order valence-corrected chi connectivity index (χ1v) is 8.09. The molecule has 1 saturated heterocycles. The summed E-state index contributed by atoms with van der Waals surface area (Å²) in [5.41, 5.74) is 1.34. The van der Waals surface area contributed by atoms with Crippen LogP contribution < -0.4 is 10.6 Å². The Kier molecular flexibility index (Phi) is 6.54. The van der Waals surface area contributed by atoms with Crippen LogP contribution in [-0.2, 0) is 6.42 Å². The van der Waals surface area contributed by atoms with Crippen molar-refractivity contribution < 1.29 is 4.79 Å². The zero-order chi connectivity index (χ0) is 14.9. The Bertz CT molecular complexity index is 415. The molecule has 0 bridgehead atoms. The molecule has 0 radical (unpaired) electrons. The molecule has 116 valence electrons. The molecule has 0 saturated carbocycles. The van der Waals surface area contributed by atoms with Crippen molar-refractivity contribution >= 4 is 6.03 Å². The quantitative estimate of drug-likeness (QED) is 0.809. The van der Waals surface area contributed by atoms with E-state index < -0.39 is 0 Å². The Balaban J connectivity index is 1.88. The van der Waals surface area contributed by atoms with E-state index in [1.165, 1.54) is 18.4 Å². The van der Waals surface area contributed by atoms with Gasteiger partial charge in [0.15, 0.2) is 0 Å². The van der Waals surface area contributed by atoms with E-state index in [4.69, 9.17) is 0 Å². The number of amides is 2. The van der Waals surface area contributed by atoms with Crippen molar-refractivity contribution in [2.45, 2.75) is 38.6 Å². The van der Waals surface area contributed by atoms with Gasteiger partial charge in [-0.25, -0.2) is 4.79 Å². The number of nitrogens with zero attached hydrogens (tertiary/aromatic N) is 1. The van der Waals surface area contributed by atoms with Crippen LogP contribution in [0.2, 0.25) is 0 Å². The van der Waals surface area contributed by atoms with Crippen molar-refractivity contribution in [3.05, 3.63) is 35.9 Å². The summed E-state index contributed by atoms with van der Waals surface area (Å²) >= 11 is 0. The second kappa shape index (κ2) is 8.67. The molecule has 1 heterocycles. The molecule has 4 heteroatoms. The van der Waals surface area contributed by atoms with Gasteiger partial charge in [0.1, 0.15) is 0 Å². The number of hydrogen-bond acceptors (Lipinski definition) is 2. The van der Waals surface area contributed by atoms with Crippen molar-refractivity contribution in [3.63, 3.8) is 0 Å². The number of likely N-dealkylation sites (tertiary alicyclic amines) is 1. The van der Waals surface area contributed by atoms with Crippen molar-refractivity contribution in [1.82, 2.24) is 15.5 Å². The van der Waals surface area contributed by atoms with Gasteiger partial charge in [-0.1, -0.05) is 37.3 Å². The molecule has 21 heavy (non-hydrogen) atoms. The van der Waals surface area contributed by atoms with Crippen molar-refractivity contribution in [2.24, 2.45) is 0 Å². The number of rotatable bonds is 7. The van der Waals surface area contributed by atoms with Crippen LogP contribution in [0, 0.1) is 0 Å². The first-order chi connectivity index (χ1) is 10.3. The number of urea groups is 1. The fourth-order valence-electron chi connectivity index (χ4n) is 2.83. The minimum atomic E-state index is -0.0471. The highest BCUT2D eigenvalue weighted by Gasteiger charge is 2.22. The van der Waals surface area contributed by atoms with Crippen molar-refractivity contribution in [2.75, 3.05) is 26.2 Å².